The maximum atomic E-state index is 2.42. The number of hydrogen-bond donors (Lipinski definition) is 0. The van der Waals surface area contributed by atoms with Crippen molar-refractivity contribution in [3.63, 3.8) is 0 Å². The third-order valence-electron chi connectivity index (χ3n) is 1.66. The van der Waals surface area contributed by atoms with Gasteiger partial charge in [0.1, 0.15) is 0 Å². The van der Waals surface area contributed by atoms with E-state index < -0.39 is 0 Å². The summed E-state index contributed by atoms with van der Waals surface area (Å²) >= 11 is 2.42. The minimum atomic E-state index is 1.17. The first-order valence-corrected chi connectivity index (χ1v) is 4.50. The Hall–Kier alpha value is 0.270. The van der Waals surface area contributed by atoms with Gasteiger partial charge in [0.05, 0.1) is 0 Å². The molecule has 0 aromatic carbocycles. The van der Waals surface area contributed by atoms with Crippen LogP contribution in [-0.4, -0.2) is 18.0 Å². The zero-order valence-corrected chi connectivity index (χ0v) is 8.10. The van der Waals surface area contributed by atoms with Crippen molar-refractivity contribution >= 4 is 22.6 Å². The monoisotopic (exact) mass is 237 g/mol. The fraction of sp³-hybridized carbons (Fsp3) is 0.714. The van der Waals surface area contributed by atoms with Crippen molar-refractivity contribution in [2.24, 2.45) is 0 Å². The van der Waals surface area contributed by atoms with Crippen molar-refractivity contribution in [1.29, 1.82) is 0 Å². The Balaban J connectivity index is 2.40. The Morgan fingerprint density at radius 1 is 1.44 bits per heavy atom. The SMILES string of the molecule is CCN(CC)C1=C(I)C1. The molecule has 1 nitrogen and oxygen atoms in total. The Kier molecular flexibility index (Phi) is 2.38. The highest BCUT2D eigenvalue weighted by molar-refractivity contribution is 14.1. The first-order chi connectivity index (χ1) is 4.29. The van der Waals surface area contributed by atoms with E-state index >= 15 is 0 Å². The molecule has 1 aliphatic rings. The minimum Gasteiger partial charge on any atom is -0.374 e. The molecule has 0 aliphatic heterocycles. The fourth-order valence-corrected chi connectivity index (χ4v) is 1.69. The van der Waals surface area contributed by atoms with Gasteiger partial charge in [-0.2, -0.15) is 0 Å². The molecular formula is C7H12IN. The zero-order chi connectivity index (χ0) is 6.85. The van der Waals surface area contributed by atoms with Crippen molar-refractivity contribution in [3.05, 3.63) is 9.28 Å². The number of rotatable bonds is 3. The molecule has 1 aliphatic carbocycles. The van der Waals surface area contributed by atoms with Crippen molar-refractivity contribution in [2.75, 3.05) is 13.1 Å². The van der Waals surface area contributed by atoms with Gasteiger partial charge < -0.3 is 4.90 Å². The van der Waals surface area contributed by atoms with E-state index in [-0.39, 0.29) is 0 Å². The highest BCUT2D eigenvalue weighted by atomic mass is 127. The molecule has 1 rings (SSSR count). The molecule has 0 atom stereocenters. The fourth-order valence-electron chi connectivity index (χ4n) is 0.992. The van der Waals surface area contributed by atoms with Crippen LogP contribution in [0, 0.1) is 0 Å². The molecule has 0 amide bonds. The van der Waals surface area contributed by atoms with Gasteiger partial charge >= 0.3 is 0 Å². The van der Waals surface area contributed by atoms with Crippen LogP contribution in [0.4, 0.5) is 0 Å². The molecule has 0 saturated heterocycles. The summed E-state index contributed by atoms with van der Waals surface area (Å²) in [4.78, 5) is 2.42. The summed E-state index contributed by atoms with van der Waals surface area (Å²) in [5.74, 6) is 0. The molecule has 0 aromatic heterocycles. The molecule has 0 unspecified atom stereocenters. The maximum absolute atomic E-state index is 2.42. The lowest BCUT2D eigenvalue weighted by molar-refractivity contribution is 0.396. The van der Waals surface area contributed by atoms with Crippen LogP contribution in [0.1, 0.15) is 20.3 Å². The third-order valence-corrected chi connectivity index (χ3v) is 2.66. The van der Waals surface area contributed by atoms with Crippen LogP contribution in [-0.2, 0) is 0 Å². The quantitative estimate of drug-likeness (QED) is 0.681. The standard InChI is InChI=1S/C7H12IN/c1-3-9(4-2)7-5-6(7)8/h3-5H2,1-2H3. The van der Waals surface area contributed by atoms with Crippen LogP contribution in [0.25, 0.3) is 0 Å². The second kappa shape index (κ2) is 2.90. The van der Waals surface area contributed by atoms with E-state index in [1.807, 2.05) is 0 Å². The highest BCUT2D eigenvalue weighted by Gasteiger charge is 2.22. The normalized spacial score (nSPS) is 16.3. The van der Waals surface area contributed by atoms with Crippen molar-refractivity contribution in [3.8, 4) is 0 Å². The van der Waals surface area contributed by atoms with Crippen LogP contribution in [0.15, 0.2) is 9.28 Å². The molecule has 52 valence electrons. The second-order valence-electron chi connectivity index (χ2n) is 2.20. The molecule has 0 heterocycles. The van der Waals surface area contributed by atoms with Crippen LogP contribution in [0.3, 0.4) is 0 Å². The zero-order valence-electron chi connectivity index (χ0n) is 5.95. The van der Waals surface area contributed by atoms with Crippen molar-refractivity contribution in [1.82, 2.24) is 4.90 Å². The van der Waals surface area contributed by atoms with Crippen molar-refractivity contribution in [2.45, 2.75) is 20.3 Å². The Bertz CT molecular complexity index is 136. The van der Waals surface area contributed by atoms with Gasteiger partial charge in [0.2, 0.25) is 0 Å². The molecule has 0 saturated carbocycles. The molecular weight excluding hydrogens is 225 g/mol. The predicted molar refractivity (Wildman–Crippen MR) is 48.6 cm³/mol. The van der Waals surface area contributed by atoms with E-state index in [0.717, 1.165) is 0 Å². The summed E-state index contributed by atoms with van der Waals surface area (Å²) in [6.07, 6.45) is 1.25. The topological polar surface area (TPSA) is 3.24 Å². The molecule has 0 fully saturated rings. The van der Waals surface area contributed by atoms with E-state index in [0.29, 0.717) is 0 Å². The summed E-state index contributed by atoms with van der Waals surface area (Å²) < 4.78 is 1.55. The third kappa shape index (κ3) is 1.60. The van der Waals surface area contributed by atoms with E-state index in [9.17, 15) is 0 Å². The first kappa shape index (κ1) is 7.38. The van der Waals surface area contributed by atoms with Gasteiger partial charge in [0, 0.05) is 28.8 Å². The number of allylic oxidation sites excluding steroid dienone is 2. The minimum absolute atomic E-state index is 1.17. The predicted octanol–water partition coefficient (Wildman–Crippen LogP) is 2.38. The maximum Gasteiger partial charge on any atom is 0.0280 e. The summed E-state index contributed by atoms with van der Waals surface area (Å²) in [5.41, 5.74) is 1.57. The van der Waals surface area contributed by atoms with Gasteiger partial charge in [-0.1, -0.05) is 0 Å². The molecule has 0 N–H and O–H groups in total. The Morgan fingerprint density at radius 2 is 1.89 bits per heavy atom. The lowest BCUT2D eigenvalue weighted by Crippen LogP contribution is -2.17. The van der Waals surface area contributed by atoms with Crippen molar-refractivity contribution < 1.29 is 0 Å². The Labute approximate surface area is 70.3 Å². The van der Waals surface area contributed by atoms with Crippen LogP contribution < -0.4 is 0 Å². The average molecular weight is 237 g/mol. The molecule has 0 spiro atoms. The van der Waals surface area contributed by atoms with Gasteiger partial charge in [-0.3, -0.25) is 0 Å². The second-order valence-corrected chi connectivity index (χ2v) is 3.50. The summed E-state index contributed by atoms with van der Waals surface area (Å²) in [5, 5.41) is 0. The van der Waals surface area contributed by atoms with Crippen LogP contribution >= 0.6 is 22.6 Å². The Morgan fingerprint density at radius 3 is 2.00 bits per heavy atom. The number of nitrogens with zero attached hydrogens (tertiary/aromatic N) is 1. The van der Waals surface area contributed by atoms with Crippen LogP contribution in [0.2, 0.25) is 0 Å². The largest absolute Gasteiger partial charge is 0.374 e. The molecule has 2 heteroatoms. The van der Waals surface area contributed by atoms with Gasteiger partial charge in [0.25, 0.3) is 0 Å². The summed E-state index contributed by atoms with van der Waals surface area (Å²) in [7, 11) is 0. The van der Waals surface area contributed by atoms with Crippen LogP contribution in [0.5, 0.6) is 0 Å². The number of hydrogen-bond acceptors (Lipinski definition) is 1. The molecule has 0 bridgehead atoms. The molecule has 9 heavy (non-hydrogen) atoms. The van der Waals surface area contributed by atoms with Gasteiger partial charge in [-0.05, 0) is 36.4 Å². The molecule has 0 radical (unpaired) electrons. The van der Waals surface area contributed by atoms with E-state index in [1.54, 1.807) is 9.28 Å². The number of halogens is 1. The lowest BCUT2D eigenvalue weighted by Gasteiger charge is -2.15. The summed E-state index contributed by atoms with van der Waals surface area (Å²) in [6, 6.07) is 0. The smallest absolute Gasteiger partial charge is 0.0280 e. The van der Waals surface area contributed by atoms with Gasteiger partial charge in [0.15, 0.2) is 0 Å². The average Bonchev–Trinajstić information content (AvgIpc) is 2.51. The van der Waals surface area contributed by atoms with Gasteiger partial charge in [-0.15, -0.1) is 0 Å². The van der Waals surface area contributed by atoms with E-state index in [1.165, 1.54) is 19.5 Å². The molecule has 0 aromatic rings. The highest BCUT2D eigenvalue weighted by Crippen LogP contribution is 2.38. The van der Waals surface area contributed by atoms with Gasteiger partial charge in [-0.25, -0.2) is 0 Å². The summed E-state index contributed by atoms with van der Waals surface area (Å²) in [6.45, 7) is 6.74. The lowest BCUT2D eigenvalue weighted by atomic mass is 10.5. The van der Waals surface area contributed by atoms with E-state index in [2.05, 4.69) is 41.3 Å². The van der Waals surface area contributed by atoms with E-state index in [4.69, 9.17) is 0 Å². The first-order valence-electron chi connectivity index (χ1n) is 3.42.